The summed E-state index contributed by atoms with van der Waals surface area (Å²) in [6, 6.07) is 1.85. The molecule has 3 aliphatic heterocycles. The second kappa shape index (κ2) is 6.82. The molecule has 0 aromatic carbocycles. The Balaban J connectivity index is 1.46. The molecule has 11 nitrogen and oxygen atoms in total. The van der Waals surface area contributed by atoms with Crippen LogP contribution >= 0.6 is 0 Å². The number of esters is 2. The third kappa shape index (κ3) is 2.22. The average molecular weight is 535 g/mol. The number of hydrogen-bond donors (Lipinski definition) is 4. The van der Waals surface area contributed by atoms with Crippen LogP contribution in [0.25, 0.3) is 0 Å². The fourth-order valence-corrected chi connectivity index (χ4v) is 10.1. The third-order valence-corrected chi connectivity index (χ3v) is 11.7. The van der Waals surface area contributed by atoms with Crippen LogP contribution in [0.1, 0.15) is 58.9 Å². The van der Waals surface area contributed by atoms with E-state index in [2.05, 4.69) is 0 Å². The second-order valence-electron chi connectivity index (χ2n) is 12.9. The Morgan fingerprint density at radius 3 is 2.42 bits per heavy atom. The van der Waals surface area contributed by atoms with E-state index in [1.54, 1.807) is 26.4 Å². The first-order valence-electron chi connectivity index (χ1n) is 13.2. The van der Waals surface area contributed by atoms with Crippen molar-refractivity contribution in [2.24, 2.45) is 16.7 Å². The molecule has 0 unspecified atom stereocenters. The fraction of sp³-hybridized carbons (Fsp3) is 0.778. The van der Waals surface area contributed by atoms with Crippen molar-refractivity contribution in [3.05, 3.63) is 24.2 Å². The van der Waals surface area contributed by atoms with E-state index in [0.717, 1.165) is 5.56 Å². The van der Waals surface area contributed by atoms with Gasteiger partial charge >= 0.3 is 11.9 Å². The molecule has 4 N–H and O–H groups in total. The molecular formula is C27H34O11. The Bertz CT molecular complexity index is 1230. The molecule has 4 heterocycles. The number of hydrogen-bond acceptors (Lipinski definition) is 11. The molecule has 208 valence electrons. The predicted octanol–water partition coefficient (Wildman–Crippen LogP) is 0.169. The Kier molecular flexibility index (Phi) is 4.48. The number of carbonyl (C=O) groups excluding carboxylic acids is 2. The summed E-state index contributed by atoms with van der Waals surface area (Å²) in [7, 11) is 0. The summed E-state index contributed by atoms with van der Waals surface area (Å²) >= 11 is 0. The minimum atomic E-state index is -2.33. The van der Waals surface area contributed by atoms with E-state index in [4.69, 9.17) is 23.4 Å². The van der Waals surface area contributed by atoms with Gasteiger partial charge in [0.15, 0.2) is 17.3 Å². The Hall–Kier alpha value is -2.02. The van der Waals surface area contributed by atoms with E-state index in [1.165, 1.54) is 13.8 Å². The lowest BCUT2D eigenvalue weighted by Crippen LogP contribution is -2.80. The molecule has 11 heteroatoms. The molecule has 3 aliphatic carbocycles. The summed E-state index contributed by atoms with van der Waals surface area (Å²) in [5.74, 6) is -2.80. The van der Waals surface area contributed by atoms with Gasteiger partial charge in [-0.1, -0.05) is 13.8 Å². The Morgan fingerprint density at radius 2 is 1.79 bits per heavy atom. The summed E-state index contributed by atoms with van der Waals surface area (Å²) in [5, 5.41) is 47.2. The molecule has 0 radical (unpaired) electrons. The predicted molar refractivity (Wildman–Crippen MR) is 124 cm³/mol. The van der Waals surface area contributed by atoms with Crippen LogP contribution in [0.15, 0.2) is 23.0 Å². The van der Waals surface area contributed by atoms with Crippen molar-refractivity contribution in [3.63, 3.8) is 0 Å². The summed E-state index contributed by atoms with van der Waals surface area (Å²) in [5.41, 5.74) is -8.67. The van der Waals surface area contributed by atoms with Crippen LogP contribution in [0.4, 0.5) is 0 Å². The van der Waals surface area contributed by atoms with Crippen molar-refractivity contribution in [2.75, 3.05) is 0 Å². The van der Waals surface area contributed by atoms with Gasteiger partial charge in [0.1, 0.15) is 23.4 Å². The highest BCUT2D eigenvalue weighted by Gasteiger charge is 2.93. The maximum Gasteiger partial charge on any atom is 0.338 e. The second-order valence-corrected chi connectivity index (χ2v) is 12.9. The first-order chi connectivity index (χ1) is 17.6. The van der Waals surface area contributed by atoms with Crippen LogP contribution in [-0.4, -0.2) is 91.4 Å². The molecular weight excluding hydrogens is 500 g/mol. The summed E-state index contributed by atoms with van der Waals surface area (Å²) in [6.45, 7) is 7.91. The molecule has 6 aliphatic rings. The van der Waals surface area contributed by atoms with Gasteiger partial charge in [0.2, 0.25) is 0 Å². The number of carbonyl (C=O) groups is 2. The maximum absolute atomic E-state index is 12.7. The molecule has 1 spiro atoms. The zero-order valence-corrected chi connectivity index (χ0v) is 21.9. The van der Waals surface area contributed by atoms with E-state index in [-0.39, 0.29) is 18.4 Å². The normalized spacial score (nSPS) is 59.8. The van der Waals surface area contributed by atoms with Gasteiger partial charge in [-0.3, -0.25) is 4.79 Å². The van der Waals surface area contributed by atoms with Crippen molar-refractivity contribution in [2.45, 2.75) is 112 Å². The molecule has 0 amide bonds. The quantitative estimate of drug-likeness (QED) is 0.301. The number of rotatable bonds is 2. The summed E-state index contributed by atoms with van der Waals surface area (Å²) in [6.07, 6.45) is -2.84. The van der Waals surface area contributed by atoms with Gasteiger partial charge in [0.25, 0.3) is 0 Å². The van der Waals surface area contributed by atoms with Gasteiger partial charge in [-0.25, -0.2) is 4.79 Å². The van der Waals surface area contributed by atoms with Crippen LogP contribution in [0, 0.1) is 16.7 Å². The van der Waals surface area contributed by atoms with E-state index in [9.17, 15) is 30.0 Å². The van der Waals surface area contributed by atoms with Crippen molar-refractivity contribution in [1.29, 1.82) is 0 Å². The Labute approximate surface area is 219 Å². The number of aliphatic hydroxyl groups is 4. The van der Waals surface area contributed by atoms with E-state index in [0.29, 0.717) is 6.42 Å². The van der Waals surface area contributed by atoms with Crippen LogP contribution in [-0.2, 0) is 28.5 Å². The zero-order chi connectivity index (χ0) is 27.4. The number of fused-ring (bicyclic) bond motifs is 5. The molecule has 3 saturated carbocycles. The minimum absolute atomic E-state index is 0.0374. The molecule has 1 aromatic rings. The molecule has 14 atom stereocenters. The highest BCUT2D eigenvalue weighted by molar-refractivity contribution is 5.81. The van der Waals surface area contributed by atoms with Crippen molar-refractivity contribution in [3.8, 4) is 0 Å². The van der Waals surface area contributed by atoms with E-state index < -0.39 is 81.6 Å². The first-order valence-corrected chi connectivity index (χ1v) is 13.2. The standard InChI is InChI=1S/C27H34O11/c1-11(28)35-20-17-18(23(3)15(36-17)9-14(29)25(5)26(23,33)19(30)21(31)38-25)24(4,32)27-16(37-27)8-13(22(20,27)2)12-6-7-34-10-12/h6-7,10,13-20,29-30,32-33H,8-9H2,1-5H3/t13-,14+,15-,16+,17-,18+,19-,20-,22+,23+,24+,25-,26-,27+/m0/s1. The molecule has 38 heavy (non-hydrogen) atoms. The molecule has 0 bridgehead atoms. The molecule has 7 rings (SSSR count). The van der Waals surface area contributed by atoms with Crippen molar-refractivity contribution < 1.29 is 53.4 Å². The fourth-order valence-electron chi connectivity index (χ4n) is 10.1. The van der Waals surface area contributed by atoms with Crippen LogP contribution in [0.5, 0.6) is 0 Å². The summed E-state index contributed by atoms with van der Waals surface area (Å²) < 4.78 is 29.8. The van der Waals surface area contributed by atoms with Gasteiger partial charge in [0.05, 0.1) is 30.8 Å². The van der Waals surface area contributed by atoms with Crippen LogP contribution in [0.2, 0.25) is 0 Å². The Morgan fingerprint density at radius 1 is 1.08 bits per heavy atom. The lowest BCUT2D eigenvalue weighted by Gasteiger charge is -2.63. The molecule has 6 fully saturated rings. The highest BCUT2D eigenvalue weighted by Crippen LogP contribution is 2.80. The monoisotopic (exact) mass is 534 g/mol. The van der Waals surface area contributed by atoms with Gasteiger partial charge < -0.3 is 43.8 Å². The van der Waals surface area contributed by atoms with Crippen LogP contribution in [0.3, 0.4) is 0 Å². The van der Waals surface area contributed by atoms with Gasteiger partial charge in [0, 0.05) is 36.0 Å². The SMILES string of the molecule is CC(=O)O[C@H]1[C@H]2O[C@H]3C[C@@H](O)[C@]4(C)OC(=O)[C@H](O)[C@]4(O)[C@@]3(C)[C@@H]2[C@@](C)(O)[C@@]23O[C@@H]2C[C@@H](c2ccoc2)[C@]13C. The van der Waals surface area contributed by atoms with E-state index >= 15 is 0 Å². The third-order valence-electron chi connectivity index (χ3n) is 11.7. The summed E-state index contributed by atoms with van der Waals surface area (Å²) in [4.78, 5) is 25.2. The van der Waals surface area contributed by atoms with Crippen molar-refractivity contribution >= 4 is 11.9 Å². The highest BCUT2D eigenvalue weighted by atomic mass is 16.6. The molecule has 1 aromatic heterocycles. The number of epoxide rings is 1. The average Bonchev–Trinajstić information content (AvgIpc) is 3.09. The zero-order valence-electron chi connectivity index (χ0n) is 21.9. The maximum atomic E-state index is 12.7. The lowest BCUT2D eigenvalue weighted by molar-refractivity contribution is -0.297. The largest absolute Gasteiger partial charge is 0.472 e. The smallest absolute Gasteiger partial charge is 0.338 e. The van der Waals surface area contributed by atoms with Crippen LogP contribution < -0.4 is 0 Å². The van der Waals surface area contributed by atoms with Gasteiger partial charge in [-0.05, 0) is 31.9 Å². The van der Waals surface area contributed by atoms with Crippen molar-refractivity contribution in [1.82, 2.24) is 0 Å². The minimum Gasteiger partial charge on any atom is -0.472 e. The number of aliphatic hydroxyl groups excluding tert-OH is 2. The topological polar surface area (TPSA) is 168 Å². The van der Waals surface area contributed by atoms with Gasteiger partial charge in [-0.15, -0.1) is 0 Å². The lowest BCUT2D eigenvalue weighted by atomic mass is 9.42. The number of ether oxygens (including phenoxy) is 4. The number of furan rings is 1. The molecule has 3 saturated heterocycles. The first kappa shape index (κ1) is 25.0. The van der Waals surface area contributed by atoms with Gasteiger partial charge in [-0.2, -0.15) is 0 Å². The van der Waals surface area contributed by atoms with E-state index in [1.807, 2.05) is 13.0 Å².